The number of ether oxygens (including phenoxy) is 2. The number of imidazole rings is 1. The molecule has 0 spiro atoms. The molecule has 264 valence electrons. The average molecular weight is 669 g/mol. The third-order valence-corrected chi connectivity index (χ3v) is 9.09. The second-order valence-corrected chi connectivity index (χ2v) is 12.8. The Kier molecular flexibility index (Phi) is 15.7. The van der Waals surface area contributed by atoms with Gasteiger partial charge < -0.3 is 41.0 Å². The van der Waals surface area contributed by atoms with E-state index >= 15 is 0 Å². The molecule has 0 saturated carbocycles. The molecule has 4 aliphatic heterocycles. The smallest absolute Gasteiger partial charge is 0.231 e. The molecule has 4 aliphatic rings. The van der Waals surface area contributed by atoms with E-state index in [0.29, 0.717) is 13.3 Å². The lowest BCUT2D eigenvalue weighted by molar-refractivity contribution is 0.174. The zero-order valence-electron chi connectivity index (χ0n) is 29.0. The molecule has 8 rings (SSSR count). The number of piperazine rings is 2. The van der Waals surface area contributed by atoms with E-state index < -0.39 is 0 Å². The fourth-order valence-corrected chi connectivity index (χ4v) is 6.34. The number of fused-ring (bicyclic) bond motifs is 1. The third-order valence-electron chi connectivity index (χ3n) is 9.09. The Morgan fingerprint density at radius 2 is 1.37 bits per heavy atom. The van der Waals surface area contributed by atoms with Crippen LogP contribution in [0.1, 0.15) is 29.7 Å². The van der Waals surface area contributed by atoms with Crippen LogP contribution in [0.25, 0.3) is 0 Å². The summed E-state index contributed by atoms with van der Waals surface area (Å²) in [5, 5.41) is 10.1. The lowest BCUT2D eigenvalue weighted by Crippen LogP contribution is -2.43. The van der Waals surface area contributed by atoms with Crippen LogP contribution in [0, 0.1) is 5.92 Å². The van der Waals surface area contributed by atoms with Crippen molar-refractivity contribution < 1.29 is 9.47 Å². The van der Waals surface area contributed by atoms with Crippen LogP contribution < -0.4 is 36.1 Å². The van der Waals surface area contributed by atoms with Crippen molar-refractivity contribution in [3.05, 3.63) is 108 Å². The summed E-state index contributed by atoms with van der Waals surface area (Å²) in [5.74, 6) is 2.65. The summed E-state index contributed by atoms with van der Waals surface area (Å²) in [7, 11) is 0. The number of anilines is 1. The van der Waals surface area contributed by atoms with E-state index in [2.05, 4.69) is 109 Å². The Bertz CT molecular complexity index is 1410. The van der Waals surface area contributed by atoms with Crippen LogP contribution in [0.15, 0.2) is 91.4 Å². The molecule has 10 nitrogen and oxygen atoms in total. The van der Waals surface area contributed by atoms with Gasteiger partial charge in [0.15, 0.2) is 11.5 Å². The van der Waals surface area contributed by atoms with Crippen molar-refractivity contribution in [1.82, 2.24) is 30.8 Å². The molecule has 6 N–H and O–H groups in total. The summed E-state index contributed by atoms with van der Waals surface area (Å²) in [6, 6.07) is 27.6. The van der Waals surface area contributed by atoms with E-state index in [-0.39, 0.29) is 0 Å². The fraction of sp³-hybridized carbons (Fsp3) is 0.462. The SMILES string of the molecule is NCCc1cnc[nH]1.c1cc2c(cc1CN1CCNCC1)OCO2.c1ccc(CC2CCNCC2)cc1.c1ccc(N2CCNCC2)cc1. The molecule has 3 fully saturated rings. The van der Waals surface area contributed by atoms with Gasteiger partial charge in [0, 0.05) is 82.9 Å². The highest BCUT2D eigenvalue weighted by Gasteiger charge is 2.16. The molecule has 1 aromatic heterocycles. The Morgan fingerprint density at radius 3 is 2.04 bits per heavy atom. The Hall–Kier alpha value is -3.93. The number of aromatic nitrogens is 2. The van der Waals surface area contributed by atoms with Crippen LogP contribution in [0.4, 0.5) is 5.69 Å². The highest BCUT2D eigenvalue weighted by atomic mass is 16.7. The normalized spacial score (nSPS) is 17.4. The average Bonchev–Trinajstić information content (AvgIpc) is 3.87. The summed E-state index contributed by atoms with van der Waals surface area (Å²) < 4.78 is 10.7. The van der Waals surface area contributed by atoms with Crippen molar-refractivity contribution in [2.24, 2.45) is 11.7 Å². The Morgan fingerprint density at radius 1 is 0.714 bits per heavy atom. The van der Waals surface area contributed by atoms with Crippen molar-refractivity contribution >= 4 is 5.69 Å². The van der Waals surface area contributed by atoms with Crippen LogP contribution in [-0.4, -0.2) is 93.7 Å². The van der Waals surface area contributed by atoms with Gasteiger partial charge in [0.05, 0.1) is 6.33 Å². The zero-order valence-corrected chi connectivity index (χ0v) is 29.0. The molecule has 0 bridgehead atoms. The number of nitrogens with two attached hydrogens (primary N) is 1. The van der Waals surface area contributed by atoms with Gasteiger partial charge in [0.2, 0.25) is 6.79 Å². The molecule has 4 aromatic rings. The van der Waals surface area contributed by atoms with E-state index in [0.717, 1.165) is 88.4 Å². The maximum absolute atomic E-state index is 5.38. The first-order chi connectivity index (χ1) is 24.3. The van der Waals surface area contributed by atoms with Gasteiger partial charge in [0.1, 0.15) is 0 Å². The highest BCUT2D eigenvalue weighted by molar-refractivity contribution is 5.46. The number of hydrogen-bond donors (Lipinski definition) is 5. The first kappa shape index (κ1) is 36.4. The van der Waals surface area contributed by atoms with E-state index in [1.807, 2.05) is 6.07 Å². The summed E-state index contributed by atoms with van der Waals surface area (Å²) in [6.07, 6.45) is 8.28. The second-order valence-electron chi connectivity index (χ2n) is 12.8. The van der Waals surface area contributed by atoms with E-state index in [9.17, 15) is 0 Å². The number of rotatable bonds is 7. The maximum Gasteiger partial charge on any atom is 0.231 e. The molecule has 3 aromatic carbocycles. The Labute approximate surface area is 292 Å². The molecular weight excluding hydrogens is 612 g/mol. The van der Waals surface area contributed by atoms with Crippen LogP contribution in [0.5, 0.6) is 11.5 Å². The number of piperidine rings is 1. The van der Waals surface area contributed by atoms with Gasteiger partial charge in [-0.3, -0.25) is 4.90 Å². The maximum atomic E-state index is 5.38. The lowest BCUT2D eigenvalue weighted by atomic mass is 9.91. The van der Waals surface area contributed by atoms with Crippen LogP contribution in [0.2, 0.25) is 0 Å². The number of aromatic amines is 1. The van der Waals surface area contributed by atoms with Gasteiger partial charge in [-0.1, -0.05) is 54.6 Å². The lowest BCUT2D eigenvalue weighted by Gasteiger charge is -2.29. The van der Waals surface area contributed by atoms with Crippen molar-refractivity contribution in [2.45, 2.75) is 32.2 Å². The first-order valence-corrected chi connectivity index (χ1v) is 18.0. The molecule has 49 heavy (non-hydrogen) atoms. The van der Waals surface area contributed by atoms with Crippen molar-refractivity contribution in [3.63, 3.8) is 0 Å². The van der Waals surface area contributed by atoms with Crippen molar-refractivity contribution in [3.8, 4) is 11.5 Å². The molecule has 0 radical (unpaired) electrons. The molecule has 0 atom stereocenters. The quantitative estimate of drug-likeness (QED) is 0.199. The molecule has 3 saturated heterocycles. The summed E-state index contributed by atoms with van der Waals surface area (Å²) in [5.41, 5.74) is 10.5. The number of hydrogen-bond acceptors (Lipinski definition) is 9. The number of nitrogens with one attached hydrogen (secondary N) is 4. The van der Waals surface area contributed by atoms with Crippen LogP contribution in [0.3, 0.4) is 0 Å². The van der Waals surface area contributed by atoms with Gasteiger partial charge in [-0.05, 0) is 80.2 Å². The van der Waals surface area contributed by atoms with Gasteiger partial charge in [-0.25, -0.2) is 4.98 Å². The predicted octanol–water partition coefficient (Wildman–Crippen LogP) is 4.06. The number of para-hydroxylation sites is 1. The fourth-order valence-electron chi connectivity index (χ4n) is 6.34. The number of nitrogens with zero attached hydrogens (tertiary/aromatic N) is 3. The van der Waals surface area contributed by atoms with E-state index in [4.69, 9.17) is 15.2 Å². The first-order valence-electron chi connectivity index (χ1n) is 18.0. The van der Waals surface area contributed by atoms with E-state index in [1.54, 1.807) is 12.5 Å². The second kappa shape index (κ2) is 21.2. The van der Waals surface area contributed by atoms with Gasteiger partial charge in [-0.2, -0.15) is 0 Å². The monoisotopic (exact) mass is 668 g/mol. The van der Waals surface area contributed by atoms with E-state index in [1.165, 1.54) is 49.2 Å². The molecule has 0 aliphatic carbocycles. The molecule has 5 heterocycles. The van der Waals surface area contributed by atoms with Crippen molar-refractivity contribution in [2.75, 3.05) is 83.7 Å². The minimum atomic E-state index is 0.354. The summed E-state index contributed by atoms with van der Waals surface area (Å²) in [4.78, 5) is 11.6. The highest BCUT2D eigenvalue weighted by Crippen LogP contribution is 2.32. The van der Waals surface area contributed by atoms with Crippen molar-refractivity contribution in [1.29, 1.82) is 0 Å². The molecule has 0 unspecified atom stereocenters. The van der Waals surface area contributed by atoms with Gasteiger partial charge in [0.25, 0.3) is 0 Å². The minimum Gasteiger partial charge on any atom is -0.454 e. The standard InChI is InChI=1S/C12H16N2O2.C12H17N.C10H14N2.C5H9N3/c1-2-11-12(16-9-15-11)7-10(1)8-14-5-3-13-4-6-14;1-2-4-11(5-3-1)10-12-6-8-13-9-7-12;1-2-4-10(5-3-1)12-8-6-11-7-9-12;6-2-1-5-3-7-4-8-5/h1-2,7,13H,3-6,8-9H2;1-5,12-13H,6-10H2;1-5,11H,6-9H2;3-4H,1-2,6H2,(H,7,8). The topological polar surface area (TPSA) is 116 Å². The number of H-pyrrole nitrogens is 1. The number of benzene rings is 3. The summed E-state index contributed by atoms with van der Waals surface area (Å²) in [6.45, 7) is 13.3. The van der Waals surface area contributed by atoms with Gasteiger partial charge >= 0.3 is 0 Å². The minimum absolute atomic E-state index is 0.354. The molecule has 10 heteroatoms. The third kappa shape index (κ3) is 13.1. The molecular formula is C39H56N8O2. The molecule has 0 amide bonds. The van der Waals surface area contributed by atoms with Crippen LogP contribution >= 0.6 is 0 Å². The zero-order chi connectivity index (χ0) is 33.8. The predicted molar refractivity (Wildman–Crippen MR) is 199 cm³/mol. The Balaban J connectivity index is 0.000000131. The van der Waals surface area contributed by atoms with Crippen LogP contribution in [-0.2, 0) is 19.4 Å². The van der Waals surface area contributed by atoms with Gasteiger partial charge in [-0.15, -0.1) is 0 Å². The summed E-state index contributed by atoms with van der Waals surface area (Å²) >= 11 is 0. The largest absolute Gasteiger partial charge is 0.454 e.